The van der Waals surface area contributed by atoms with E-state index in [1.807, 2.05) is 0 Å². The number of nitrogens with zero attached hydrogens (tertiary/aromatic N) is 1. The van der Waals surface area contributed by atoms with E-state index in [4.69, 9.17) is 11.6 Å². The number of aromatic nitrogens is 1. The Kier molecular flexibility index (Phi) is 2.42. The van der Waals surface area contributed by atoms with E-state index < -0.39 is 12.2 Å². The van der Waals surface area contributed by atoms with E-state index in [2.05, 4.69) is 9.72 Å². The SMILES string of the molecule is FC(F)(F)Oc1ccc(Cl)cn1. The van der Waals surface area contributed by atoms with Gasteiger partial charge in [0.2, 0.25) is 5.88 Å². The third-order valence-corrected chi connectivity index (χ3v) is 1.14. The topological polar surface area (TPSA) is 22.1 Å². The van der Waals surface area contributed by atoms with Gasteiger partial charge in [0.1, 0.15) is 0 Å². The molecule has 1 heterocycles. The second kappa shape index (κ2) is 3.18. The molecule has 0 bridgehead atoms. The first-order valence-electron chi connectivity index (χ1n) is 2.85. The van der Waals surface area contributed by atoms with E-state index in [9.17, 15) is 13.2 Å². The van der Waals surface area contributed by atoms with Crippen LogP contribution in [0.25, 0.3) is 0 Å². The smallest absolute Gasteiger partial charge is 0.388 e. The molecular weight excluding hydrogens is 195 g/mol. The summed E-state index contributed by atoms with van der Waals surface area (Å²) < 4.78 is 38.1. The molecular formula is C6H3ClF3NO. The number of pyridine rings is 1. The van der Waals surface area contributed by atoms with Crippen molar-refractivity contribution in [2.24, 2.45) is 0 Å². The highest BCUT2D eigenvalue weighted by atomic mass is 35.5. The van der Waals surface area contributed by atoms with Crippen LogP contribution in [0.1, 0.15) is 0 Å². The first-order valence-corrected chi connectivity index (χ1v) is 3.22. The molecule has 0 saturated heterocycles. The maximum absolute atomic E-state index is 11.5. The summed E-state index contributed by atoms with van der Waals surface area (Å²) in [5, 5.41) is 0.254. The third kappa shape index (κ3) is 2.96. The lowest BCUT2D eigenvalue weighted by Gasteiger charge is -2.06. The van der Waals surface area contributed by atoms with E-state index in [-0.39, 0.29) is 5.02 Å². The summed E-state index contributed by atoms with van der Waals surface area (Å²) in [4.78, 5) is 3.29. The fourth-order valence-corrected chi connectivity index (χ4v) is 0.653. The number of alkyl halides is 3. The van der Waals surface area contributed by atoms with Crippen molar-refractivity contribution in [3.8, 4) is 5.88 Å². The molecule has 0 amide bonds. The molecule has 0 N–H and O–H groups in total. The molecule has 0 aliphatic rings. The minimum Gasteiger partial charge on any atom is -0.388 e. The van der Waals surface area contributed by atoms with Crippen molar-refractivity contribution in [1.82, 2.24) is 4.98 Å². The third-order valence-electron chi connectivity index (χ3n) is 0.921. The van der Waals surface area contributed by atoms with Gasteiger partial charge in [0.25, 0.3) is 0 Å². The summed E-state index contributed by atoms with van der Waals surface area (Å²) in [7, 11) is 0. The largest absolute Gasteiger partial charge is 0.574 e. The maximum Gasteiger partial charge on any atom is 0.574 e. The van der Waals surface area contributed by atoms with Crippen LogP contribution in [-0.4, -0.2) is 11.3 Å². The Morgan fingerprint density at radius 3 is 2.42 bits per heavy atom. The molecule has 0 atom stereocenters. The predicted octanol–water partition coefficient (Wildman–Crippen LogP) is 2.63. The van der Waals surface area contributed by atoms with Crippen molar-refractivity contribution in [3.05, 3.63) is 23.4 Å². The molecule has 0 unspecified atom stereocenters. The molecule has 0 spiro atoms. The average Bonchev–Trinajstić information content (AvgIpc) is 1.91. The van der Waals surface area contributed by atoms with E-state index in [1.54, 1.807) is 0 Å². The van der Waals surface area contributed by atoms with Crippen LogP contribution in [0.15, 0.2) is 18.3 Å². The zero-order valence-corrected chi connectivity index (χ0v) is 6.36. The van der Waals surface area contributed by atoms with Crippen LogP contribution < -0.4 is 4.74 Å². The molecule has 12 heavy (non-hydrogen) atoms. The van der Waals surface area contributed by atoms with Crippen molar-refractivity contribution < 1.29 is 17.9 Å². The van der Waals surface area contributed by atoms with Gasteiger partial charge in [-0.3, -0.25) is 0 Å². The Bertz CT molecular complexity index is 258. The van der Waals surface area contributed by atoms with Crippen LogP contribution in [0.3, 0.4) is 0 Å². The summed E-state index contributed by atoms with van der Waals surface area (Å²) in [5.41, 5.74) is 0. The lowest BCUT2D eigenvalue weighted by atomic mass is 10.5. The van der Waals surface area contributed by atoms with E-state index in [0.717, 1.165) is 12.3 Å². The summed E-state index contributed by atoms with van der Waals surface area (Å²) in [5.74, 6) is -0.521. The van der Waals surface area contributed by atoms with Crippen LogP contribution in [-0.2, 0) is 0 Å². The van der Waals surface area contributed by atoms with Crippen molar-refractivity contribution in [3.63, 3.8) is 0 Å². The second-order valence-electron chi connectivity index (χ2n) is 1.86. The van der Waals surface area contributed by atoms with Crippen LogP contribution in [0.2, 0.25) is 5.02 Å². The molecule has 1 aromatic heterocycles. The summed E-state index contributed by atoms with van der Waals surface area (Å²) in [6, 6.07) is 2.30. The standard InChI is InChI=1S/C6H3ClF3NO/c7-4-1-2-5(11-3-4)12-6(8,9)10/h1-3H. The van der Waals surface area contributed by atoms with Gasteiger partial charge in [-0.2, -0.15) is 0 Å². The number of ether oxygens (including phenoxy) is 1. The van der Waals surface area contributed by atoms with Crippen LogP contribution >= 0.6 is 11.6 Å². The number of rotatable bonds is 1. The highest BCUT2D eigenvalue weighted by molar-refractivity contribution is 6.30. The number of hydrogen-bond acceptors (Lipinski definition) is 2. The van der Waals surface area contributed by atoms with Gasteiger partial charge in [-0.1, -0.05) is 11.6 Å². The molecule has 1 aromatic rings. The molecule has 2 nitrogen and oxygen atoms in total. The lowest BCUT2D eigenvalue weighted by Crippen LogP contribution is -2.17. The predicted molar refractivity (Wildman–Crippen MR) is 35.9 cm³/mol. The Balaban J connectivity index is 2.71. The van der Waals surface area contributed by atoms with Gasteiger partial charge in [0.05, 0.1) is 5.02 Å². The minimum absolute atomic E-state index is 0.254. The van der Waals surface area contributed by atoms with E-state index in [0.29, 0.717) is 0 Å². The van der Waals surface area contributed by atoms with Gasteiger partial charge in [-0.05, 0) is 6.07 Å². The van der Waals surface area contributed by atoms with E-state index in [1.165, 1.54) is 6.07 Å². The average molecular weight is 198 g/mol. The Morgan fingerprint density at radius 2 is 2.00 bits per heavy atom. The fraction of sp³-hybridized carbons (Fsp3) is 0.167. The molecule has 0 saturated carbocycles. The van der Waals surface area contributed by atoms with Crippen LogP contribution in [0.4, 0.5) is 13.2 Å². The fourth-order valence-electron chi connectivity index (χ4n) is 0.541. The zero-order valence-electron chi connectivity index (χ0n) is 5.60. The highest BCUT2D eigenvalue weighted by Gasteiger charge is 2.31. The van der Waals surface area contributed by atoms with Gasteiger partial charge < -0.3 is 4.74 Å². The molecule has 1 rings (SSSR count). The lowest BCUT2D eigenvalue weighted by molar-refractivity contribution is -0.276. The molecule has 0 aliphatic carbocycles. The molecule has 6 heteroatoms. The molecule has 0 aliphatic heterocycles. The zero-order chi connectivity index (χ0) is 9.19. The van der Waals surface area contributed by atoms with Crippen LogP contribution in [0.5, 0.6) is 5.88 Å². The summed E-state index contributed by atoms with van der Waals surface area (Å²) in [6.07, 6.45) is -3.64. The monoisotopic (exact) mass is 197 g/mol. The second-order valence-corrected chi connectivity index (χ2v) is 2.30. The quantitative estimate of drug-likeness (QED) is 0.691. The molecule has 66 valence electrons. The Labute approximate surface area is 70.9 Å². The van der Waals surface area contributed by atoms with Gasteiger partial charge in [-0.25, -0.2) is 4.98 Å². The Hall–Kier alpha value is -0.970. The first kappa shape index (κ1) is 9.12. The number of halogens is 4. The van der Waals surface area contributed by atoms with Crippen molar-refractivity contribution in [2.75, 3.05) is 0 Å². The molecule has 0 radical (unpaired) electrons. The van der Waals surface area contributed by atoms with Gasteiger partial charge in [-0.15, -0.1) is 13.2 Å². The van der Waals surface area contributed by atoms with Gasteiger partial charge in [0, 0.05) is 12.3 Å². The van der Waals surface area contributed by atoms with Crippen LogP contribution in [0, 0.1) is 0 Å². The summed E-state index contributed by atoms with van der Waals surface area (Å²) in [6.45, 7) is 0. The normalized spacial score (nSPS) is 11.3. The van der Waals surface area contributed by atoms with Crippen molar-refractivity contribution in [2.45, 2.75) is 6.36 Å². The molecule has 0 fully saturated rings. The maximum atomic E-state index is 11.5. The Morgan fingerprint density at radius 1 is 1.33 bits per heavy atom. The first-order chi connectivity index (χ1) is 5.47. The summed E-state index contributed by atoms with van der Waals surface area (Å²) >= 11 is 5.38. The number of hydrogen-bond donors (Lipinski definition) is 0. The molecule has 0 aromatic carbocycles. The van der Waals surface area contributed by atoms with Crippen molar-refractivity contribution >= 4 is 11.6 Å². The highest BCUT2D eigenvalue weighted by Crippen LogP contribution is 2.21. The van der Waals surface area contributed by atoms with E-state index >= 15 is 0 Å². The van der Waals surface area contributed by atoms with Gasteiger partial charge in [0.15, 0.2) is 0 Å². The van der Waals surface area contributed by atoms with Gasteiger partial charge >= 0.3 is 6.36 Å². The van der Waals surface area contributed by atoms with Crippen molar-refractivity contribution in [1.29, 1.82) is 0 Å². The minimum atomic E-state index is -4.71.